The monoisotopic (exact) mass is 385 g/mol. The van der Waals surface area contributed by atoms with Gasteiger partial charge in [-0.05, 0) is 42.0 Å². The molecule has 0 fully saturated rings. The van der Waals surface area contributed by atoms with Crippen LogP contribution in [-0.4, -0.2) is 34.2 Å². The van der Waals surface area contributed by atoms with Gasteiger partial charge in [-0.1, -0.05) is 30.3 Å². The summed E-state index contributed by atoms with van der Waals surface area (Å²) in [4.78, 5) is 42.9. The first-order valence-electron chi connectivity index (χ1n) is 9.36. The van der Waals surface area contributed by atoms with Crippen LogP contribution in [0.1, 0.15) is 42.3 Å². The van der Waals surface area contributed by atoms with E-state index in [1.165, 1.54) is 4.90 Å². The Morgan fingerprint density at radius 2 is 1.62 bits per heavy atom. The SMILES string of the molecule is O=C(NCCc1ccccn1)c1cccc(CN2C(=O)c3ccccc3C2=O)c1. The first-order valence-corrected chi connectivity index (χ1v) is 9.36. The summed E-state index contributed by atoms with van der Waals surface area (Å²) < 4.78 is 0. The fraction of sp³-hybridized carbons (Fsp3) is 0.130. The lowest BCUT2D eigenvalue weighted by atomic mass is 10.1. The Balaban J connectivity index is 1.41. The number of fused-ring (bicyclic) bond motifs is 1. The maximum absolute atomic E-state index is 12.5. The molecule has 0 spiro atoms. The molecule has 144 valence electrons. The van der Waals surface area contributed by atoms with Crippen molar-refractivity contribution in [3.63, 3.8) is 0 Å². The van der Waals surface area contributed by atoms with Gasteiger partial charge in [0.1, 0.15) is 0 Å². The third-order valence-corrected chi connectivity index (χ3v) is 4.80. The molecule has 1 aliphatic heterocycles. The number of carbonyl (C=O) groups excluding carboxylic acids is 3. The second-order valence-electron chi connectivity index (χ2n) is 6.77. The molecule has 0 saturated carbocycles. The Bertz CT molecular complexity index is 1040. The molecule has 3 aromatic rings. The number of aromatic nitrogens is 1. The summed E-state index contributed by atoms with van der Waals surface area (Å²) in [5.41, 5.74) is 2.95. The molecular formula is C23H19N3O3. The van der Waals surface area contributed by atoms with E-state index in [4.69, 9.17) is 0 Å². The lowest BCUT2D eigenvalue weighted by molar-refractivity contribution is 0.0642. The van der Waals surface area contributed by atoms with Crippen molar-refractivity contribution in [2.24, 2.45) is 0 Å². The highest BCUT2D eigenvalue weighted by molar-refractivity contribution is 6.21. The van der Waals surface area contributed by atoms with Crippen LogP contribution in [0.3, 0.4) is 0 Å². The van der Waals surface area contributed by atoms with Crippen LogP contribution >= 0.6 is 0 Å². The van der Waals surface area contributed by atoms with Crippen molar-refractivity contribution in [2.75, 3.05) is 6.54 Å². The van der Waals surface area contributed by atoms with Gasteiger partial charge >= 0.3 is 0 Å². The van der Waals surface area contributed by atoms with Crippen molar-refractivity contribution in [3.8, 4) is 0 Å². The van der Waals surface area contributed by atoms with Crippen LogP contribution < -0.4 is 5.32 Å². The molecule has 29 heavy (non-hydrogen) atoms. The lowest BCUT2D eigenvalue weighted by Crippen LogP contribution is -2.29. The minimum atomic E-state index is -0.309. The van der Waals surface area contributed by atoms with Crippen LogP contribution in [-0.2, 0) is 13.0 Å². The highest BCUT2D eigenvalue weighted by Crippen LogP contribution is 2.24. The summed E-state index contributed by atoms with van der Waals surface area (Å²) in [6, 6.07) is 19.4. The van der Waals surface area contributed by atoms with Crippen molar-refractivity contribution in [3.05, 3.63) is 101 Å². The highest BCUT2D eigenvalue weighted by atomic mass is 16.2. The van der Waals surface area contributed by atoms with Crippen molar-refractivity contribution >= 4 is 17.7 Å². The molecule has 0 radical (unpaired) electrons. The first kappa shape index (κ1) is 18.6. The molecule has 0 aliphatic carbocycles. The highest BCUT2D eigenvalue weighted by Gasteiger charge is 2.34. The summed E-state index contributed by atoms with van der Waals surface area (Å²) in [7, 11) is 0. The van der Waals surface area contributed by atoms with Gasteiger partial charge in [0.15, 0.2) is 0 Å². The minimum Gasteiger partial charge on any atom is -0.352 e. The molecular weight excluding hydrogens is 366 g/mol. The summed E-state index contributed by atoms with van der Waals surface area (Å²) in [6.07, 6.45) is 2.36. The number of amides is 3. The molecule has 6 nitrogen and oxygen atoms in total. The summed E-state index contributed by atoms with van der Waals surface area (Å²) in [6.45, 7) is 0.597. The van der Waals surface area contributed by atoms with Gasteiger partial charge in [0.2, 0.25) is 0 Å². The normalized spacial score (nSPS) is 12.8. The second-order valence-corrected chi connectivity index (χ2v) is 6.77. The number of rotatable bonds is 6. The third-order valence-electron chi connectivity index (χ3n) is 4.80. The van der Waals surface area contributed by atoms with E-state index in [0.717, 1.165) is 11.3 Å². The fourth-order valence-corrected chi connectivity index (χ4v) is 3.33. The zero-order valence-corrected chi connectivity index (χ0v) is 15.7. The van der Waals surface area contributed by atoms with E-state index in [1.807, 2.05) is 18.2 Å². The molecule has 3 amide bonds. The lowest BCUT2D eigenvalue weighted by Gasteiger charge is -2.14. The number of benzene rings is 2. The predicted octanol–water partition coefficient (Wildman–Crippen LogP) is 2.85. The van der Waals surface area contributed by atoms with Crippen molar-refractivity contribution < 1.29 is 14.4 Å². The maximum atomic E-state index is 12.5. The van der Waals surface area contributed by atoms with Crippen molar-refractivity contribution in [1.29, 1.82) is 0 Å². The van der Waals surface area contributed by atoms with Gasteiger partial charge in [0.25, 0.3) is 17.7 Å². The van der Waals surface area contributed by atoms with Crippen LogP contribution in [0.25, 0.3) is 0 Å². The Morgan fingerprint density at radius 1 is 0.897 bits per heavy atom. The van der Waals surface area contributed by atoms with Gasteiger partial charge in [-0.2, -0.15) is 0 Å². The fourth-order valence-electron chi connectivity index (χ4n) is 3.33. The molecule has 2 aromatic carbocycles. The molecule has 1 aromatic heterocycles. The molecule has 0 bridgehead atoms. The van der Waals surface area contributed by atoms with Gasteiger partial charge in [0, 0.05) is 30.4 Å². The van der Waals surface area contributed by atoms with Crippen molar-refractivity contribution in [1.82, 2.24) is 15.2 Å². The smallest absolute Gasteiger partial charge is 0.261 e. The molecule has 0 atom stereocenters. The molecule has 1 N–H and O–H groups in total. The average molecular weight is 385 g/mol. The molecule has 2 heterocycles. The Labute approximate surface area is 168 Å². The average Bonchev–Trinajstić information content (AvgIpc) is 3.00. The van der Waals surface area contributed by atoms with Gasteiger partial charge in [0.05, 0.1) is 17.7 Å². The molecule has 0 unspecified atom stereocenters. The number of nitrogens with zero attached hydrogens (tertiary/aromatic N) is 2. The number of nitrogens with one attached hydrogen (secondary N) is 1. The molecule has 0 saturated heterocycles. The zero-order chi connectivity index (χ0) is 20.2. The van der Waals surface area contributed by atoms with Crippen LogP contribution in [0.2, 0.25) is 0 Å². The van der Waals surface area contributed by atoms with Crippen LogP contribution in [0.15, 0.2) is 72.9 Å². The topological polar surface area (TPSA) is 79.4 Å². The van der Waals surface area contributed by atoms with Gasteiger partial charge < -0.3 is 5.32 Å². The van der Waals surface area contributed by atoms with E-state index in [2.05, 4.69) is 10.3 Å². The van der Waals surface area contributed by atoms with E-state index < -0.39 is 0 Å². The first-order chi connectivity index (χ1) is 14.1. The van der Waals surface area contributed by atoms with Crippen LogP contribution in [0.4, 0.5) is 0 Å². The van der Waals surface area contributed by atoms with E-state index in [0.29, 0.717) is 29.7 Å². The van der Waals surface area contributed by atoms with Crippen LogP contribution in [0, 0.1) is 0 Å². The Hall–Kier alpha value is -3.80. The van der Waals surface area contributed by atoms with E-state index >= 15 is 0 Å². The Morgan fingerprint density at radius 3 is 2.31 bits per heavy atom. The van der Waals surface area contributed by atoms with Crippen molar-refractivity contribution in [2.45, 2.75) is 13.0 Å². The van der Waals surface area contributed by atoms with E-state index in [1.54, 1.807) is 54.7 Å². The zero-order valence-electron chi connectivity index (χ0n) is 15.7. The summed E-state index contributed by atoms with van der Waals surface area (Å²) >= 11 is 0. The largest absolute Gasteiger partial charge is 0.352 e. The number of pyridine rings is 1. The number of hydrogen-bond donors (Lipinski definition) is 1. The number of carbonyl (C=O) groups is 3. The summed E-state index contributed by atoms with van der Waals surface area (Å²) in [5.74, 6) is -0.822. The van der Waals surface area contributed by atoms with Gasteiger partial charge in [-0.25, -0.2) is 0 Å². The van der Waals surface area contributed by atoms with Gasteiger partial charge in [-0.15, -0.1) is 0 Å². The second kappa shape index (κ2) is 8.06. The predicted molar refractivity (Wildman–Crippen MR) is 107 cm³/mol. The van der Waals surface area contributed by atoms with E-state index in [-0.39, 0.29) is 24.3 Å². The summed E-state index contributed by atoms with van der Waals surface area (Å²) in [5, 5.41) is 2.87. The van der Waals surface area contributed by atoms with Gasteiger partial charge in [-0.3, -0.25) is 24.3 Å². The Kier molecular flexibility index (Phi) is 5.16. The standard InChI is InChI=1S/C23H19N3O3/c27-21(25-13-11-18-8-3-4-12-24-18)17-7-5-6-16(14-17)15-26-22(28)19-9-1-2-10-20(19)23(26)29/h1-10,12,14H,11,13,15H2,(H,25,27). The molecule has 4 rings (SSSR count). The maximum Gasteiger partial charge on any atom is 0.261 e. The number of hydrogen-bond acceptors (Lipinski definition) is 4. The molecule has 1 aliphatic rings. The minimum absolute atomic E-state index is 0.126. The number of imide groups is 1. The van der Waals surface area contributed by atoms with E-state index in [9.17, 15) is 14.4 Å². The van der Waals surface area contributed by atoms with Crippen LogP contribution in [0.5, 0.6) is 0 Å². The quantitative estimate of drug-likeness (QED) is 0.662. The third kappa shape index (κ3) is 3.91. The molecule has 6 heteroatoms.